The summed E-state index contributed by atoms with van der Waals surface area (Å²) in [5.74, 6) is -3.29. The number of nitrogens with one attached hydrogen (secondary N) is 3. The fraction of sp³-hybridized carbons (Fsp3) is 0.400. The van der Waals surface area contributed by atoms with E-state index >= 15 is 0 Å². The Hall–Kier alpha value is -4.26. The van der Waals surface area contributed by atoms with Crippen molar-refractivity contribution in [3.63, 3.8) is 0 Å². The molecule has 0 saturated heterocycles. The van der Waals surface area contributed by atoms with Crippen molar-refractivity contribution in [1.29, 1.82) is 0 Å². The lowest BCUT2D eigenvalue weighted by atomic mass is 10.0. The zero-order chi connectivity index (χ0) is 31.8. The van der Waals surface area contributed by atoms with Gasteiger partial charge < -0.3 is 38.2 Å². The minimum Gasteiger partial charge on any atom is -0.406 e. The first kappa shape index (κ1) is 34.9. The topological polar surface area (TPSA) is 144 Å². The third kappa shape index (κ3) is 13.5. The highest BCUT2D eigenvalue weighted by atomic mass is 19.4. The van der Waals surface area contributed by atoms with Crippen LogP contribution in [0, 0.1) is 19.8 Å². The van der Waals surface area contributed by atoms with Crippen LogP contribution in [0.5, 0.6) is 5.75 Å². The molecule has 0 heterocycles. The smallest absolute Gasteiger partial charge is 0.406 e. The number of hydrogen-bond acceptors (Lipinski definition) is 5. The molecule has 13 heteroatoms. The van der Waals surface area contributed by atoms with Crippen molar-refractivity contribution >= 4 is 23.6 Å². The highest BCUT2D eigenvalue weighted by Crippen LogP contribution is 2.22. The molecule has 6 N–H and O–H groups in total. The molecule has 0 fully saturated rings. The molecule has 0 aliphatic carbocycles. The minimum atomic E-state index is -4.81. The summed E-state index contributed by atoms with van der Waals surface area (Å²) >= 11 is 0. The van der Waals surface area contributed by atoms with Crippen LogP contribution in [-0.4, -0.2) is 67.1 Å². The fourth-order valence-electron chi connectivity index (χ4n) is 4.08. The monoisotopic (exact) mass is 606 g/mol. The van der Waals surface area contributed by atoms with Gasteiger partial charge in [-0.25, -0.2) is 0 Å². The second kappa shape index (κ2) is 17.6. The summed E-state index contributed by atoms with van der Waals surface area (Å²) < 4.78 is 41.0. The third-order valence-electron chi connectivity index (χ3n) is 6.26. The largest absolute Gasteiger partial charge is 0.573 e. The average Bonchev–Trinajstić information content (AvgIpc) is 2.97. The van der Waals surface area contributed by atoms with E-state index in [1.54, 1.807) is 4.90 Å². The number of halogens is 3. The first-order valence-corrected chi connectivity index (χ1v) is 13.8. The van der Waals surface area contributed by atoms with Crippen LogP contribution in [0.4, 0.5) is 13.2 Å². The van der Waals surface area contributed by atoms with Crippen LogP contribution >= 0.6 is 0 Å². The number of hydrogen-bond donors (Lipinski definition) is 4. The maximum absolute atomic E-state index is 13.0. The van der Waals surface area contributed by atoms with E-state index in [1.807, 2.05) is 30.3 Å². The Labute approximate surface area is 249 Å². The molecule has 2 atom stereocenters. The number of quaternary nitrogens is 1. The summed E-state index contributed by atoms with van der Waals surface area (Å²) in [6.07, 6.45) is -3.73. The molecule has 2 unspecified atom stereocenters. The summed E-state index contributed by atoms with van der Waals surface area (Å²) in [6.45, 7) is 8.43. The van der Waals surface area contributed by atoms with E-state index in [2.05, 4.69) is 40.3 Å². The third-order valence-corrected chi connectivity index (χ3v) is 6.26. The lowest BCUT2D eigenvalue weighted by Crippen LogP contribution is -2.56. The molecule has 4 amide bonds. The molecule has 0 spiro atoms. The quantitative estimate of drug-likeness (QED) is 0.202. The van der Waals surface area contributed by atoms with Crippen LogP contribution in [0.2, 0.25) is 0 Å². The molecule has 43 heavy (non-hydrogen) atoms. The van der Waals surface area contributed by atoms with Gasteiger partial charge in [-0.05, 0) is 36.1 Å². The summed E-state index contributed by atoms with van der Waals surface area (Å²) in [7, 11) is 0. The van der Waals surface area contributed by atoms with Gasteiger partial charge in [-0.15, -0.1) is 13.2 Å². The Balaban J connectivity index is 1.95. The zero-order valence-corrected chi connectivity index (χ0v) is 24.0. The van der Waals surface area contributed by atoms with Gasteiger partial charge >= 0.3 is 6.36 Å². The van der Waals surface area contributed by atoms with Crippen molar-refractivity contribution in [3.05, 3.63) is 79.6 Å². The first-order valence-electron chi connectivity index (χ1n) is 13.8. The van der Waals surface area contributed by atoms with Crippen molar-refractivity contribution in [1.82, 2.24) is 20.9 Å². The van der Waals surface area contributed by atoms with Gasteiger partial charge in [0.05, 0.1) is 33.1 Å². The van der Waals surface area contributed by atoms with Crippen LogP contribution in [0.25, 0.3) is 0 Å². The lowest BCUT2D eigenvalue weighted by molar-refractivity contribution is -0.368. The number of nitrogens with zero attached hydrogens (tertiary/aromatic N) is 1. The fourth-order valence-corrected chi connectivity index (χ4v) is 4.08. The molecule has 0 bridgehead atoms. The van der Waals surface area contributed by atoms with E-state index in [0.717, 1.165) is 17.7 Å². The molecule has 2 aromatic rings. The Morgan fingerprint density at radius 2 is 1.63 bits per heavy atom. The lowest BCUT2D eigenvalue weighted by Gasteiger charge is -2.24. The maximum atomic E-state index is 13.0. The van der Waals surface area contributed by atoms with Gasteiger partial charge in [0.25, 0.3) is 0 Å². The van der Waals surface area contributed by atoms with Crippen molar-refractivity contribution in [2.45, 2.75) is 44.6 Å². The molecule has 0 radical (unpaired) electrons. The van der Waals surface area contributed by atoms with Crippen LogP contribution < -0.4 is 26.4 Å². The molecular weight excluding hydrogens is 567 g/mol. The average molecular weight is 607 g/mol. The molecular formula is C30H39F3N5O5+. The summed E-state index contributed by atoms with van der Waals surface area (Å²) in [4.78, 5) is 52.3. The summed E-state index contributed by atoms with van der Waals surface area (Å²) in [6, 6.07) is 13.4. The number of carbonyl (C=O) groups is 4. The number of carbonyl (C=O) groups excluding carboxylic acids is 4. The molecule has 0 saturated carbocycles. The number of benzene rings is 2. The van der Waals surface area contributed by atoms with Gasteiger partial charge in [0.15, 0.2) is 5.91 Å². The SMILES string of the molecule is [CH2+]CCN(CC[NH3+])C(=O)CC([CH2-])C(=O)NCC(=O)NC(CCc1ccccc1)C(=O)NCc1ccc(OC(F)(F)F)cc1. The van der Waals surface area contributed by atoms with Crippen LogP contribution in [0.1, 0.15) is 30.4 Å². The Bertz CT molecular complexity index is 1170. The zero-order valence-electron chi connectivity index (χ0n) is 24.0. The van der Waals surface area contributed by atoms with Gasteiger partial charge in [0.1, 0.15) is 18.2 Å². The Morgan fingerprint density at radius 3 is 2.23 bits per heavy atom. The Morgan fingerprint density at radius 1 is 0.953 bits per heavy atom. The second-order valence-electron chi connectivity index (χ2n) is 9.76. The highest BCUT2D eigenvalue weighted by Gasteiger charge is 2.31. The number of amides is 4. The van der Waals surface area contributed by atoms with E-state index < -0.39 is 42.6 Å². The van der Waals surface area contributed by atoms with E-state index in [4.69, 9.17) is 0 Å². The first-order chi connectivity index (χ1) is 20.4. The summed E-state index contributed by atoms with van der Waals surface area (Å²) in [5.41, 5.74) is 5.20. The number of aryl methyl sites for hydroxylation is 1. The number of ether oxygens (including phenoxy) is 1. The van der Waals surface area contributed by atoms with Gasteiger partial charge in [-0.1, -0.05) is 48.4 Å². The molecule has 0 aromatic heterocycles. The summed E-state index contributed by atoms with van der Waals surface area (Å²) in [5, 5.41) is 7.76. The number of alkyl halides is 3. The van der Waals surface area contributed by atoms with Crippen molar-refractivity contribution < 1.29 is 42.8 Å². The van der Waals surface area contributed by atoms with E-state index in [1.165, 1.54) is 12.1 Å². The van der Waals surface area contributed by atoms with Crippen molar-refractivity contribution in [2.75, 3.05) is 26.2 Å². The predicted octanol–water partition coefficient (Wildman–Crippen LogP) is 1.57. The molecule has 2 rings (SSSR count). The van der Waals surface area contributed by atoms with Gasteiger partial charge in [-0.2, -0.15) is 0 Å². The van der Waals surface area contributed by atoms with E-state index in [0.29, 0.717) is 38.0 Å². The Kier molecular flexibility index (Phi) is 14.3. The normalized spacial score (nSPS) is 12.5. The van der Waals surface area contributed by atoms with Crippen molar-refractivity contribution in [3.8, 4) is 5.75 Å². The second-order valence-corrected chi connectivity index (χ2v) is 9.76. The maximum Gasteiger partial charge on any atom is 0.573 e. The van der Waals surface area contributed by atoms with Crippen LogP contribution in [-0.2, 0) is 32.1 Å². The van der Waals surface area contributed by atoms with Gasteiger partial charge in [0, 0.05) is 13.0 Å². The molecule has 0 aliphatic rings. The number of rotatable bonds is 17. The highest BCUT2D eigenvalue weighted by molar-refractivity contribution is 5.91. The van der Waals surface area contributed by atoms with E-state index in [-0.39, 0.29) is 31.0 Å². The molecule has 10 nitrogen and oxygen atoms in total. The van der Waals surface area contributed by atoms with Crippen molar-refractivity contribution in [2.24, 2.45) is 5.92 Å². The van der Waals surface area contributed by atoms with Crippen LogP contribution in [0.15, 0.2) is 54.6 Å². The van der Waals surface area contributed by atoms with Gasteiger partial charge in [-0.3, -0.25) is 19.2 Å². The van der Waals surface area contributed by atoms with E-state index in [9.17, 15) is 32.3 Å². The molecule has 234 valence electrons. The standard InChI is InChI=1S/C30H38F3N5O5/c1-3-16-38(17-15-34)27(40)18-21(2)28(41)36-20-26(39)37-25(14-11-22-7-5-4-6-8-22)29(42)35-19-23-9-12-24(13-10-23)43-30(31,32)33/h4-10,12-13,21,25H,1-3,11,14-20,34H2,(H,35,42)(H,36,41)(H,37,39)/p+1. The predicted molar refractivity (Wildman–Crippen MR) is 152 cm³/mol. The minimum absolute atomic E-state index is 0.00398. The molecule has 0 aliphatic heterocycles. The van der Waals surface area contributed by atoms with Gasteiger partial charge in [0.2, 0.25) is 17.7 Å². The molecule has 2 aromatic carbocycles. The van der Waals surface area contributed by atoms with Crippen LogP contribution in [0.3, 0.4) is 0 Å².